The van der Waals surface area contributed by atoms with Crippen LogP contribution < -0.4 is 0 Å². The summed E-state index contributed by atoms with van der Waals surface area (Å²) in [5.41, 5.74) is 1.08. The number of aldehydes is 1. The molecule has 0 amide bonds. The van der Waals surface area contributed by atoms with Crippen molar-refractivity contribution in [3.8, 4) is 0 Å². The van der Waals surface area contributed by atoms with Crippen molar-refractivity contribution in [3.63, 3.8) is 0 Å². The van der Waals surface area contributed by atoms with E-state index in [1.54, 1.807) is 0 Å². The highest BCUT2D eigenvalue weighted by Crippen LogP contribution is 2.17. The Kier molecular flexibility index (Phi) is 3.52. The monoisotopic (exact) mass is 161 g/mol. The molecule has 12 heavy (non-hydrogen) atoms. The number of carbonyl (C=O) groups excluding carboxylic acids is 1. The lowest BCUT2D eigenvalue weighted by Crippen LogP contribution is -1.98. The maximum absolute atomic E-state index is 10.7. The number of hydrogen-bond acceptors (Lipinski definition) is 1. The SMILES string of the molecule is CCCC(C=O)c1c[c]ccc1. The summed E-state index contributed by atoms with van der Waals surface area (Å²) in [6, 6.07) is 10.6. The average Bonchev–Trinajstić information content (AvgIpc) is 2.15. The number of carbonyl (C=O) groups is 1. The molecule has 1 aromatic rings. The minimum Gasteiger partial charge on any atom is -0.303 e. The van der Waals surface area contributed by atoms with Gasteiger partial charge < -0.3 is 4.79 Å². The van der Waals surface area contributed by atoms with Crippen molar-refractivity contribution in [1.82, 2.24) is 0 Å². The number of hydrogen-bond donors (Lipinski definition) is 0. The van der Waals surface area contributed by atoms with Crippen LogP contribution in [0, 0.1) is 6.07 Å². The van der Waals surface area contributed by atoms with E-state index < -0.39 is 0 Å². The van der Waals surface area contributed by atoms with Gasteiger partial charge >= 0.3 is 0 Å². The number of rotatable bonds is 4. The molecule has 1 atom stereocenters. The fourth-order valence-electron chi connectivity index (χ4n) is 1.26. The maximum Gasteiger partial charge on any atom is 0.127 e. The van der Waals surface area contributed by atoms with E-state index in [0.717, 1.165) is 24.7 Å². The molecule has 0 spiro atoms. The second-order valence-corrected chi connectivity index (χ2v) is 2.87. The molecule has 0 aliphatic carbocycles. The molecule has 1 radical (unpaired) electrons. The Labute approximate surface area is 73.4 Å². The third-order valence-electron chi connectivity index (χ3n) is 1.92. The molecule has 0 aliphatic rings. The lowest BCUT2D eigenvalue weighted by Gasteiger charge is -2.07. The molecule has 0 fully saturated rings. The topological polar surface area (TPSA) is 17.1 Å². The predicted octanol–water partition coefficient (Wildman–Crippen LogP) is 2.57. The Bertz CT molecular complexity index is 228. The van der Waals surface area contributed by atoms with Crippen molar-refractivity contribution in [1.29, 1.82) is 0 Å². The Balaban J connectivity index is 2.73. The van der Waals surface area contributed by atoms with Gasteiger partial charge in [-0.1, -0.05) is 37.6 Å². The van der Waals surface area contributed by atoms with Gasteiger partial charge in [0.25, 0.3) is 0 Å². The largest absolute Gasteiger partial charge is 0.303 e. The second-order valence-electron chi connectivity index (χ2n) is 2.87. The molecular formula is C11H13O. The maximum atomic E-state index is 10.7. The highest BCUT2D eigenvalue weighted by Gasteiger charge is 2.07. The molecule has 0 aromatic heterocycles. The fourth-order valence-corrected chi connectivity index (χ4v) is 1.26. The van der Waals surface area contributed by atoms with Crippen molar-refractivity contribution in [2.75, 3.05) is 0 Å². The lowest BCUT2D eigenvalue weighted by atomic mass is 9.96. The standard InChI is InChI=1S/C11H13O/c1-2-6-11(9-12)10-7-4-3-5-8-10/h3-4,7-9,11H,2,6H2,1H3. The number of benzene rings is 1. The zero-order valence-corrected chi connectivity index (χ0v) is 7.29. The fraction of sp³-hybridized carbons (Fsp3) is 0.364. The molecule has 0 saturated carbocycles. The first-order valence-electron chi connectivity index (χ1n) is 4.29. The van der Waals surface area contributed by atoms with Crippen molar-refractivity contribution < 1.29 is 4.79 Å². The summed E-state index contributed by atoms with van der Waals surface area (Å²) in [4.78, 5) is 10.7. The van der Waals surface area contributed by atoms with Gasteiger partial charge in [0.2, 0.25) is 0 Å². The molecule has 0 heterocycles. The van der Waals surface area contributed by atoms with Gasteiger partial charge in [-0.15, -0.1) is 0 Å². The summed E-state index contributed by atoms with van der Waals surface area (Å²) in [7, 11) is 0. The summed E-state index contributed by atoms with van der Waals surface area (Å²) in [6.45, 7) is 2.09. The van der Waals surface area contributed by atoms with E-state index in [1.165, 1.54) is 0 Å². The van der Waals surface area contributed by atoms with Crippen LogP contribution >= 0.6 is 0 Å². The normalized spacial score (nSPS) is 12.4. The summed E-state index contributed by atoms with van der Waals surface area (Å²) >= 11 is 0. The molecule has 1 nitrogen and oxygen atoms in total. The summed E-state index contributed by atoms with van der Waals surface area (Å²) in [5, 5.41) is 0. The van der Waals surface area contributed by atoms with E-state index in [4.69, 9.17) is 0 Å². The van der Waals surface area contributed by atoms with Crippen LogP contribution in [0.1, 0.15) is 31.2 Å². The van der Waals surface area contributed by atoms with E-state index in [9.17, 15) is 4.79 Å². The zero-order valence-electron chi connectivity index (χ0n) is 7.29. The average molecular weight is 161 g/mol. The van der Waals surface area contributed by atoms with Gasteiger partial charge in [-0.05, 0) is 18.1 Å². The molecule has 1 heteroatoms. The Morgan fingerprint density at radius 1 is 1.67 bits per heavy atom. The van der Waals surface area contributed by atoms with Crippen LogP contribution in [0.15, 0.2) is 24.3 Å². The molecule has 0 saturated heterocycles. The van der Waals surface area contributed by atoms with Gasteiger partial charge in [0, 0.05) is 5.92 Å². The first-order valence-corrected chi connectivity index (χ1v) is 4.29. The zero-order chi connectivity index (χ0) is 8.81. The van der Waals surface area contributed by atoms with Crippen molar-refractivity contribution in [2.45, 2.75) is 25.7 Å². The molecular weight excluding hydrogens is 148 g/mol. The van der Waals surface area contributed by atoms with E-state index in [-0.39, 0.29) is 5.92 Å². The lowest BCUT2D eigenvalue weighted by molar-refractivity contribution is -0.109. The van der Waals surface area contributed by atoms with Crippen molar-refractivity contribution in [2.24, 2.45) is 0 Å². The van der Waals surface area contributed by atoms with E-state index in [2.05, 4.69) is 13.0 Å². The van der Waals surface area contributed by atoms with Gasteiger partial charge in [0.05, 0.1) is 0 Å². The summed E-state index contributed by atoms with van der Waals surface area (Å²) in [6.07, 6.45) is 2.99. The first kappa shape index (κ1) is 8.98. The second kappa shape index (κ2) is 4.70. The van der Waals surface area contributed by atoms with Gasteiger partial charge in [-0.2, -0.15) is 0 Å². The van der Waals surface area contributed by atoms with Crippen LogP contribution in [0.2, 0.25) is 0 Å². The van der Waals surface area contributed by atoms with E-state index >= 15 is 0 Å². The van der Waals surface area contributed by atoms with Gasteiger partial charge in [-0.3, -0.25) is 0 Å². The van der Waals surface area contributed by atoms with Crippen molar-refractivity contribution in [3.05, 3.63) is 35.9 Å². The van der Waals surface area contributed by atoms with Crippen LogP contribution in [0.3, 0.4) is 0 Å². The third-order valence-corrected chi connectivity index (χ3v) is 1.92. The van der Waals surface area contributed by atoms with Crippen LogP contribution in [-0.4, -0.2) is 6.29 Å². The molecule has 0 bridgehead atoms. The summed E-state index contributed by atoms with van der Waals surface area (Å²) < 4.78 is 0. The molecule has 1 rings (SSSR count). The molecule has 1 unspecified atom stereocenters. The Morgan fingerprint density at radius 2 is 2.50 bits per heavy atom. The molecule has 0 N–H and O–H groups in total. The van der Waals surface area contributed by atoms with E-state index in [1.807, 2.05) is 24.3 Å². The summed E-state index contributed by atoms with van der Waals surface area (Å²) in [5.74, 6) is 0.0625. The Morgan fingerprint density at radius 3 is 3.00 bits per heavy atom. The molecule has 0 aliphatic heterocycles. The van der Waals surface area contributed by atoms with Crippen LogP contribution in [0.25, 0.3) is 0 Å². The van der Waals surface area contributed by atoms with Crippen molar-refractivity contribution >= 4 is 6.29 Å². The smallest absolute Gasteiger partial charge is 0.127 e. The molecule has 63 valence electrons. The highest BCUT2D eigenvalue weighted by atomic mass is 16.1. The first-order chi connectivity index (χ1) is 5.88. The predicted molar refractivity (Wildman–Crippen MR) is 49.0 cm³/mol. The van der Waals surface area contributed by atoms with Gasteiger partial charge in [0.1, 0.15) is 6.29 Å². The molecule has 1 aromatic carbocycles. The quantitative estimate of drug-likeness (QED) is 0.620. The highest BCUT2D eigenvalue weighted by molar-refractivity contribution is 5.61. The van der Waals surface area contributed by atoms with Crippen LogP contribution in [0.4, 0.5) is 0 Å². The van der Waals surface area contributed by atoms with Crippen LogP contribution in [-0.2, 0) is 4.79 Å². The third kappa shape index (κ3) is 2.19. The van der Waals surface area contributed by atoms with Crippen LogP contribution in [0.5, 0.6) is 0 Å². The van der Waals surface area contributed by atoms with E-state index in [0.29, 0.717) is 0 Å². The Hall–Kier alpha value is -1.11. The minimum absolute atomic E-state index is 0.0625. The van der Waals surface area contributed by atoms with Gasteiger partial charge in [0.15, 0.2) is 0 Å². The minimum atomic E-state index is 0.0625. The van der Waals surface area contributed by atoms with Gasteiger partial charge in [-0.25, -0.2) is 0 Å².